The van der Waals surface area contributed by atoms with E-state index >= 15 is 0 Å². The van der Waals surface area contributed by atoms with Crippen molar-refractivity contribution in [1.82, 2.24) is 29.4 Å². The van der Waals surface area contributed by atoms with Crippen molar-refractivity contribution in [1.29, 1.82) is 0 Å². The Labute approximate surface area is 154 Å². The van der Waals surface area contributed by atoms with Crippen molar-refractivity contribution in [2.24, 2.45) is 5.73 Å². The predicted molar refractivity (Wildman–Crippen MR) is 97.5 cm³/mol. The van der Waals surface area contributed by atoms with Gasteiger partial charge in [0.2, 0.25) is 0 Å². The van der Waals surface area contributed by atoms with Crippen LogP contribution in [-0.2, 0) is 30.9 Å². The minimum Gasteiger partial charge on any atom is -0.383 e. The average Bonchev–Trinajstić information content (AvgIpc) is 3.07. The molecule has 26 heavy (non-hydrogen) atoms. The maximum absolute atomic E-state index is 5.98. The number of ether oxygens (including phenoxy) is 1. The van der Waals surface area contributed by atoms with Crippen LogP contribution in [0.2, 0.25) is 0 Å². The summed E-state index contributed by atoms with van der Waals surface area (Å²) in [5.74, 6) is 2.55. The highest BCUT2D eigenvalue weighted by molar-refractivity contribution is 5.11. The number of hydrogen-bond donors (Lipinski definition) is 1. The lowest BCUT2D eigenvalue weighted by Gasteiger charge is -2.32. The summed E-state index contributed by atoms with van der Waals surface area (Å²) in [6.07, 6.45) is 3.12. The van der Waals surface area contributed by atoms with Crippen molar-refractivity contribution in [3.8, 4) is 0 Å². The number of nitrogens with zero attached hydrogens (tertiary/aromatic N) is 6. The van der Waals surface area contributed by atoms with Crippen molar-refractivity contribution < 1.29 is 4.74 Å². The summed E-state index contributed by atoms with van der Waals surface area (Å²) in [4.78, 5) is 2.45. The number of methoxy groups -OCH3 is 1. The van der Waals surface area contributed by atoms with Crippen molar-refractivity contribution in [2.75, 3.05) is 20.3 Å². The van der Waals surface area contributed by atoms with Crippen molar-refractivity contribution in [3.63, 3.8) is 0 Å². The normalized spacial score (nSPS) is 23.5. The molecule has 8 heteroatoms. The van der Waals surface area contributed by atoms with E-state index in [1.54, 1.807) is 7.11 Å². The molecule has 0 spiro atoms. The van der Waals surface area contributed by atoms with Crippen LogP contribution in [-0.4, -0.2) is 55.7 Å². The van der Waals surface area contributed by atoms with Gasteiger partial charge in [0.05, 0.1) is 24.5 Å². The van der Waals surface area contributed by atoms with Crippen LogP contribution in [0.25, 0.3) is 0 Å². The minimum absolute atomic E-state index is 0.310. The average molecular weight is 359 g/mol. The molecular formula is C18H29N7O. The molecule has 0 atom stereocenters. The molecule has 2 aromatic heterocycles. The second-order valence-corrected chi connectivity index (χ2v) is 7.61. The Balaban J connectivity index is 1.51. The number of aryl methyl sites for hydroxylation is 2. The molecule has 0 amide bonds. The molecule has 2 N–H and O–H groups in total. The van der Waals surface area contributed by atoms with E-state index in [1.807, 2.05) is 0 Å². The Morgan fingerprint density at radius 1 is 1.27 bits per heavy atom. The highest BCUT2D eigenvalue weighted by Crippen LogP contribution is 2.35. The number of aromatic nitrogens is 5. The van der Waals surface area contributed by atoms with Gasteiger partial charge in [-0.05, 0) is 32.3 Å². The molecule has 0 saturated heterocycles. The topological polar surface area (TPSA) is 87.0 Å². The first-order chi connectivity index (χ1) is 12.6. The second kappa shape index (κ2) is 7.46. The smallest absolute Gasteiger partial charge is 0.147 e. The lowest BCUT2D eigenvalue weighted by atomic mass is 9.80. The Morgan fingerprint density at radius 2 is 2.12 bits per heavy atom. The number of fused-ring (bicyclic) bond motifs is 1. The quantitative estimate of drug-likeness (QED) is 0.829. The summed E-state index contributed by atoms with van der Waals surface area (Å²) in [7, 11) is 1.74. The summed E-state index contributed by atoms with van der Waals surface area (Å²) in [5, 5.41) is 13.6. The summed E-state index contributed by atoms with van der Waals surface area (Å²) in [5.41, 5.74) is 8.36. The highest BCUT2D eigenvalue weighted by Gasteiger charge is 2.32. The fourth-order valence-electron chi connectivity index (χ4n) is 4.07. The van der Waals surface area contributed by atoms with Gasteiger partial charge < -0.3 is 15.0 Å². The van der Waals surface area contributed by atoms with Crippen LogP contribution >= 0.6 is 0 Å². The molecule has 142 valence electrons. The zero-order valence-corrected chi connectivity index (χ0v) is 15.8. The van der Waals surface area contributed by atoms with Gasteiger partial charge in [-0.15, -0.1) is 10.2 Å². The molecule has 0 unspecified atom stereocenters. The van der Waals surface area contributed by atoms with E-state index < -0.39 is 0 Å². The predicted octanol–water partition coefficient (Wildman–Crippen LogP) is 1.04. The van der Waals surface area contributed by atoms with Crippen molar-refractivity contribution in [2.45, 2.75) is 64.3 Å². The highest BCUT2D eigenvalue weighted by atomic mass is 16.5. The van der Waals surface area contributed by atoms with E-state index in [4.69, 9.17) is 10.5 Å². The lowest BCUT2D eigenvalue weighted by Crippen LogP contribution is -2.36. The molecule has 3 heterocycles. The molecule has 0 aromatic carbocycles. The van der Waals surface area contributed by atoms with Gasteiger partial charge in [-0.3, -0.25) is 9.58 Å². The van der Waals surface area contributed by atoms with Gasteiger partial charge in [-0.25, -0.2) is 0 Å². The summed E-state index contributed by atoms with van der Waals surface area (Å²) >= 11 is 0. The monoisotopic (exact) mass is 359 g/mol. The van der Waals surface area contributed by atoms with E-state index in [0.717, 1.165) is 69.3 Å². The van der Waals surface area contributed by atoms with E-state index in [2.05, 4.69) is 42.4 Å². The molecule has 4 rings (SSSR count). The lowest BCUT2D eigenvalue weighted by molar-refractivity contribution is 0.180. The first-order valence-electron chi connectivity index (χ1n) is 9.56. The third-order valence-electron chi connectivity index (χ3n) is 5.50. The van der Waals surface area contributed by atoms with Crippen LogP contribution in [0.4, 0.5) is 0 Å². The molecule has 8 nitrogen and oxygen atoms in total. The molecule has 0 bridgehead atoms. The number of nitrogens with two attached hydrogens (primary N) is 1. The Hall–Kier alpha value is -1.77. The first kappa shape index (κ1) is 17.6. The summed E-state index contributed by atoms with van der Waals surface area (Å²) in [6.45, 7) is 7.27. The van der Waals surface area contributed by atoms with Crippen LogP contribution in [0, 0.1) is 6.92 Å². The minimum atomic E-state index is 0.310. The molecule has 1 aliphatic carbocycles. The number of hydrogen-bond acceptors (Lipinski definition) is 6. The third-order valence-corrected chi connectivity index (χ3v) is 5.50. The largest absolute Gasteiger partial charge is 0.383 e. The molecule has 1 saturated carbocycles. The van der Waals surface area contributed by atoms with Gasteiger partial charge >= 0.3 is 0 Å². The fraction of sp³-hybridized carbons (Fsp3) is 0.722. The van der Waals surface area contributed by atoms with Crippen LogP contribution in [0.3, 0.4) is 0 Å². The molecule has 2 aliphatic rings. The van der Waals surface area contributed by atoms with Gasteiger partial charge in [0.15, 0.2) is 0 Å². The molecule has 2 aromatic rings. The summed E-state index contributed by atoms with van der Waals surface area (Å²) < 4.78 is 9.71. The van der Waals surface area contributed by atoms with Gasteiger partial charge in [0.1, 0.15) is 11.6 Å². The Kier molecular flexibility index (Phi) is 5.06. The Bertz CT molecular complexity index is 747. The third kappa shape index (κ3) is 3.54. The van der Waals surface area contributed by atoms with Crippen LogP contribution < -0.4 is 5.73 Å². The van der Waals surface area contributed by atoms with Crippen LogP contribution in [0.1, 0.15) is 48.2 Å². The molecule has 1 aliphatic heterocycles. The zero-order valence-electron chi connectivity index (χ0n) is 15.8. The van der Waals surface area contributed by atoms with Gasteiger partial charge in [0.25, 0.3) is 0 Å². The van der Waals surface area contributed by atoms with Gasteiger partial charge in [-0.2, -0.15) is 5.10 Å². The Morgan fingerprint density at radius 3 is 2.88 bits per heavy atom. The van der Waals surface area contributed by atoms with Crippen molar-refractivity contribution in [3.05, 3.63) is 29.1 Å². The van der Waals surface area contributed by atoms with Crippen LogP contribution in [0.5, 0.6) is 0 Å². The van der Waals surface area contributed by atoms with E-state index in [1.165, 1.54) is 5.69 Å². The van der Waals surface area contributed by atoms with Gasteiger partial charge in [0, 0.05) is 45.2 Å². The maximum atomic E-state index is 5.98. The van der Waals surface area contributed by atoms with E-state index in [-0.39, 0.29) is 0 Å². The fourth-order valence-corrected chi connectivity index (χ4v) is 4.07. The second-order valence-electron chi connectivity index (χ2n) is 7.61. The molecular weight excluding hydrogens is 330 g/mol. The van der Waals surface area contributed by atoms with Crippen molar-refractivity contribution >= 4 is 0 Å². The maximum Gasteiger partial charge on any atom is 0.147 e. The molecule has 1 fully saturated rings. The standard InChI is InChI=1S/C18H29N7O/c1-13-8-16-11-23(4-3-5-25(16)22-13)12-17-20-21-18(14-9-15(19)10-14)24(17)6-7-26-2/h8,14-15H,3-7,9-12,19H2,1-2H3. The first-order valence-corrected chi connectivity index (χ1v) is 9.56. The van der Waals surface area contributed by atoms with E-state index in [9.17, 15) is 0 Å². The zero-order chi connectivity index (χ0) is 18.1. The molecule has 0 radical (unpaired) electrons. The van der Waals surface area contributed by atoms with Gasteiger partial charge in [-0.1, -0.05) is 0 Å². The van der Waals surface area contributed by atoms with Crippen LogP contribution in [0.15, 0.2) is 6.07 Å². The SMILES string of the molecule is COCCn1c(CN2CCCn3nc(C)cc3C2)nnc1C1CC(N)C1. The number of rotatable bonds is 6. The van der Waals surface area contributed by atoms with E-state index in [0.29, 0.717) is 18.6 Å². The summed E-state index contributed by atoms with van der Waals surface area (Å²) in [6, 6.07) is 2.50.